The Morgan fingerprint density at radius 3 is 2.65 bits per heavy atom. The molecule has 0 aliphatic heterocycles. The first-order valence-electron chi connectivity index (χ1n) is 5.34. The van der Waals surface area contributed by atoms with E-state index < -0.39 is 16.0 Å². The van der Waals surface area contributed by atoms with Gasteiger partial charge in [-0.05, 0) is 34.1 Å². The summed E-state index contributed by atoms with van der Waals surface area (Å²) in [6.07, 6.45) is 2.88. The molecule has 0 unspecified atom stereocenters. The topological polar surface area (TPSA) is 101 Å². The first kappa shape index (κ1) is 14.5. The smallest absolute Gasteiger partial charge is 0.335 e. The lowest BCUT2D eigenvalue weighted by Gasteiger charge is -2.08. The number of halogens is 1. The van der Waals surface area contributed by atoms with Gasteiger partial charge in [0.2, 0.25) is 0 Å². The Labute approximate surface area is 123 Å². The lowest BCUT2D eigenvalue weighted by Crippen LogP contribution is -2.13. The van der Waals surface area contributed by atoms with E-state index in [-0.39, 0.29) is 14.9 Å². The van der Waals surface area contributed by atoms with E-state index in [0.29, 0.717) is 5.69 Å². The third-order valence-electron chi connectivity index (χ3n) is 2.43. The molecule has 7 nitrogen and oxygen atoms in total. The van der Waals surface area contributed by atoms with Crippen molar-refractivity contribution in [2.45, 2.75) is 4.90 Å². The number of carbonyl (C=O) groups is 1. The van der Waals surface area contributed by atoms with E-state index in [1.165, 1.54) is 35.3 Å². The molecule has 0 amide bonds. The zero-order chi connectivity index (χ0) is 14.9. The molecule has 0 bridgehead atoms. The van der Waals surface area contributed by atoms with E-state index in [1.54, 1.807) is 7.05 Å². The molecule has 9 heteroatoms. The van der Waals surface area contributed by atoms with E-state index in [0.717, 1.165) is 0 Å². The number of nitrogens with one attached hydrogen (secondary N) is 1. The van der Waals surface area contributed by atoms with Crippen LogP contribution in [0.4, 0.5) is 5.69 Å². The Bertz CT molecular complexity index is 770. The zero-order valence-electron chi connectivity index (χ0n) is 10.2. The number of aromatic nitrogens is 2. The van der Waals surface area contributed by atoms with E-state index in [4.69, 9.17) is 5.11 Å². The van der Waals surface area contributed by atoms with E-state index in [9.17, 15) is 13.2 Å². The highest BCUT2D eigenvalue weighted by Crippen LogP contribution is 2.25. The van der Waals surface area contributed by atoms with Gasteiger partial charge in [0.25, 0.3) is 10.0 Å². The minimum Gasteiger partial charge on any atom is -0.478 e. The van der Waals surface area contributed by atoms with E-state index in [2.05, 4.69) is 25.8 Å². The molecule has 1 heterocycles. The molecule has 2 aromatic rings. The monoisotopic (exact) mass is 359 g/mol. The van der Waals surface area contributed by atoms with Crippen LogP contribution in [0.25, 0.3) is 0 Å². The molecule has 2 rings (SSSR count). The van der Waals surface area contributed by atoms with Crippen LogP contribution in [0.1, 0.15) is 10.4 Å². The molecule has 20 heavy (non-hydrogen) atoms. The third kappa shape index (κ3) is 2.99. The van der Waals surface area contributed by atoms with Crippen LogP contribution in [-0.2, 0) is 17.1 Å². The fourth-order valence-corrected chi connectivity index (χ4v) is 3.64. The largest absolute Gasteiger partial charge is 0.478 e. The number of hydrogen-bond acceptors (Lipinski definition) is 4. The first-order valence-corrected chi connectivity index (χ1v) is 7.61. The van der Waals surface area contributed by atoms with Gasteiger partial charge in [-0.2, -0.15) is 5.10 Å². The second-order valence-corrected chi connectivity index (χ2v) is 6.46. The normalized spacial score (nSPS) is 11.3. The molecular weight excluding hydrogens is 350 g/mol. The highest BCUT2D eigenvalue weighted by Gasteiger charge is 2.19. The lowest BCUT2D eigenvalue weighted by molar-refractivity contribution is 0.0696. The summed E-state index contributed by atoms with van der Waals surface area (Å²) in [5.41, 5.74) is 0.318. The molecule has 106 valence electrons. The van der Waals surface area contributed by atoms with Gasteiger partial charge in [0.05, 0.1) is 17.4 Å². The van der Waals surface area contributed by atoms with Crippen molar-refractivity contribution in [1.82, 2.24) is 9.78 Å². The molecule has 0 spiro atoms. The number of nitrogens with zero attached hydrogens (tertiary/aromatic N) is 2. The molecule has 2 N–H and O–H groups in total. The summed E-state index contributed by atoms with van der Waals surface area (Å²) in [4.78, 5) is 10.8. The van der Waals surface area contributed by atoms with Crippen molar-refractivity contribution in [3.05, 3.63) is 40.6 Å². The number of benzene rings is 1. The number of sulfonamides is 1. The summed E-state index contributed by atoms with van der Waals surface area (Å²) in [7, 11) is -2.15. The van der Waals surface area contributed by atoms with Crippen LogP contribution >= 0.6 is 15.9 Å². The molecule has 0 fully saturated rings. The number of carboxylic acid groups (broad SMARTS) is 1. The number of rotatable bonds is 4. The maximum absolute atomic E-state index is 12.2. The molecule has 0 aliphatic rings. The third-order valence-corrected chi connectivity index (χ3v) is 4.78. The summed E-state index contributed by atoms with van der Waals surface area (Å²) in [6, 6.07) is 3.69. The summed E-state index contributed by atoms with van der Waals surface area (Å²) < 4.78 is 28.4. The second-order valence-electron chi connectivity index (χ2n) is 3.96. The Hall–Kier alpha value is -1.87. The summed E-state index contributed by atoms with van der Waals surface area (Å²) in [5, 5.41) is 12.7. The average Bonchev–Trinajstić information content (AvgIpc) is 2.73. The van der Waals surface area contributed by atoms with Crippen molar-refractivity contribution in [1.29, 1.82) is 0 Å². The van der Waals surface area contributed by atoms with E-state index in [1.807, 2.05) is 0 Å². The second kappa shape index (κ2) is 5.25. The molecule has 0 atom stereocenters. The van der Waals surface area contributed by atoms with Gasteiger partial charge in [0.1, 0.15) is 4.90 Å². The maximum Gasteiger partial charge on any atom is 0.335 e. The first-order chi connectivity index (χ1) is 9.29. The minimum absolute atomic E-state index is 0.00259. The molecule has 0 saturated carbocycles. The Kier molecular flexibility index (Phi) is 3.82. The summed E-state index contributed by atoms with van der Waals surface area (Å²) in [6.45, 7) is 0. The van der Waals surface area contributed by atoms with Crippen LogP contribution in [0.5, 0.6) is 0 Å². The van der Waals surface area contributed by atoms with Gasteiger partial charge in [-0.3, -0.25) is 9.40 Å². The van der Waals surface area contributed by atoms with Crippen molar-refractivity contribution in [2.75, 3.05) is 4.72 Å². The van der Waals surface area contributed by atoms with Crippen LogP contribution < -0.4 is 4.72 Å². The van der Waals surface area contributed by atoms with Crippen LogP contribution in [0.15, 0.2) is 40.0 Å². The van der Waals surface area contributed by atoms with Gasteiger partial charge >= 0.3 is 5.97 Å². The van der Waals surface area contributed by atoms with E-state index >= 15 is 0 Å². The fraction of sp³-hybridized carbons (Fsp3) is 0.0909. The molecule has 0 saturated heterocycles. The minimum atomic E-state index is -3.82. The molecule has 1 aromatic heterocycles. The Balaban J connectivity index is 2.37. The number of anilines is 1. The number of aryl methyl sites for hydroxylation is 1. The molecule has 1 aromatic carbocycles. The van der Waals surface area contributed by atoms with Crippen LogP contribution in [0.3, 0.4) is 0 Å². The predicted octanol–water partition coefficient (Wildman–Crippen LogP) is 1.68. The van der Waals surface area contributed by atoms with Crippen molar-refractivity contribution in [2.24, 2.45) is 7.05 Å². The van der Waals surface area contributed by atoms with Gasteiger partial charge in [-0.15, -0.1) is 0 Å². The zero-order valence-corrected chi connectivity index (χ0v) is 12.6. The Morgan fingerprint density at radius 2 is 2.15 bits per heavy atom. The van der Waals surface area contributed by atoms with Gasteiger partial charge in [-0.1, -0.05) is 0 Å². The lowest BCUT2D eigenvalue weighted by atomic mass is 10.2. The van der Waals surface area contributed by atoms with Crippen LogP contribution in [0, 0.1) is 0 Å². The summed E-state index contributed by atoms with van der Waals surface area (Å²) in [5.74, 6) is -1.13. The quantitative estimate of drug-likeness (QED) is 0.864. The number of aromatic carboxylic acids is 1. The highest BCUT2D eigenvalue weighted by atomic mass is 79.9. The predicted molar refractivity (Wildman–Crippen MR) is 75.1 cm³/mol. The SMILES string of the molecule is Cn1cc(NS(=O)(=O)c2ccc(C(=O)O)cc2Br)cn1. The number of hydrogen-bond donors (Lipinski definition) is 2. The van der Waals surface area contributed by atoms with Gasteiger partial charge < -0.3 is 5.11 Å². The van der Waals surface area contributed by atoms with Gasteiger partial charge in [0, 0.05) is 17.7 Å². The van der Waals surface area contributed by atoms with Crippen molar-refractivity contribution in [3.63, 3.8) is 0 Å². The molecule has 0 aliphatic carbocycles. The standard InChI is InChI=1S/C11H10BrN3O4S/c1-15-6-8(5-13-15)14-20(18,19)10-3-2-7(11(16)17)4-9(10)12/h2-6,14H,1H3,(H,16,17). The highest BCUT2D eigenvalue weighted by molar-refractivity contribution is 9.10. The molecule has 0 radical (unpaired) electrons. The fourth-order valence-electron chi connectivity index (χ4n) is 1.54. The van der Waals surface area contributed by atoms with Crippen LogP contribution in [0.2, 0.25) is 0 Å². The maximum atomic E-state index is 12.2. The van der Waals surface area contributed by atoms with Crippen molar-refractivity contribution < 1.29 is 18.3 Å². The molecular formula is C11H10BrN3O4S. The Morgan fingerprint density at radius 1 is 1.45 bits per heavy atom. The number of carboxylic acids is 1. The van der Waals surface area contributed by atoms with Gasteiger partial charge in [-0.25, -0.2) is 13.2 Å². The summed E-state index contributed by atoms with van der Waals surface area (Å²) >= 11 is 3.07. The average molecular weight is 360 g/mol. The van der Waals surface area contributed by atoms with Crippen molar-refractivity contribution >= 4 is 37.6 Å². The van der Waals surface area contributed by atoms with Crippen molar-refractivity contribution in [3.8, 4) is 0 Å². The van der Waals surface area contributed by atoms with Gasteiger partial charge in [0.15, 0.2) is 0 Å². The van der Waals surface area contributed by atoms with Crippen LogP contribution in [-0.4, -0.2) is 29.3 Å².